The maximum Gasteiger partial charge on any atom is 0.170 e. The summed E-state index contributed by atoms with van der Waals surface area (Å²) >= 11 is 1.67. The van der Waals surface area contributed by atoms with E-state index in [1.165, 1.54) is 5.56 Å². The van der Waals surface area contributed by atoms with Gasteiger partial charge < -0.3 is 5.11 Å². The highest BCUT2D eigenvalue weighted by molar-refractivity contribution is 7.99. The minimum absolute atomic E-state index is 0.0355. The van der Waals surface area contributed by atoms with Gasteiger partial charge in [-0.1, -0.05) is 60.2 Å². The Bertz CT molecular complexity index is 621. The molecule has 108 valence electrons. The van der Waals surface area contributed by atoms with Gasteiger partial charge in [0.05, 0.1) is 12.0 Å². The monoisotopic (exact) mass is 298 g/mol. The van der Waals surface area contributed by atoms with E-state index in [1.807, 2.05) is 37.3 Å². The van der Waals surface area contributed by atoms with Crippen molar-refractivity contribution in [1.29, 1.82) is 0 Å². The van der Waals surface area contributed by atoms with Crippen molar-refractivity contribution in [3.8, 4) is 0 Å². The quantitative estimate of drug-likeness (QED) is 0.879. The molecule has 2 aromatic rings. The number of rotatable bonds is 3. The van der Waals surface area contributed by atoms with Crippen molar-refractivity contribution >= 4 is 17.5 Å². The number of thioether (sulfide) groups is 1. The van der Waals surface area contributed by atoms with Crippen LogP contribution in [0, 0.1) is 12.8 Å². The minimum atomic E-state index is -0.575. The number of Topliss-reactive ketones (excluding diaryl/α,β-unsaturated/α-hetero) is 1. The lowest BCUT2D eigenvalue weighted by Gasteiger charge is -2.20. The van der Waals surface area contributed by atoms with Gasteiger partial charge in [-0.05, 0) is 12.5 Å². The van der Waals surface area contributed by atoms with Crippen LogP contribution in [0.1, 0.15) is 26.7 Å². The van der Waals surface area contributed by atoms with Gasteiger partial charge in [-0.15, -0.1) is 0 Å². The van der Waals surface area contributed by atoms with E-state index < -0.39 is 6.10 Å². The summed E-state index contributed by atoms with van der Waals surface area (Å²) in [7, 11) is 0. The molecule has 3 rings (SSSR count). The predicted octanol–water partition coefficient (Wildman–Crippen LogP) is 3.64. The molecule has 0 unspecified atom stereocenters. The van der Waals surface area contributed by atoms with E-state index in [0.29, 0.717) is 11.3 Å². The molecule has 0 aliphatic carbocycles. The number of ketones is 1. The normalized spacial score (nSPS) is 25.0. The molecule has 3 heteroatoms. The molecular formula is C18H18O2S. The fourth-order valence-electron chi connectivity index (χ4n) is 2.78. The summed E-state index contributed by atoms with van der Waals surface area (Å²) in [6.45, 7) is 2.05. The third-order valence-corrected chi connectivity index (χ3v) is 5.41. The molecule has 0 bridgehead atoms. The van der Waals surface area contributed by atoms with E-state index in [0.717, 1.165) is 5.56 Å². The Kier molecular flexibility index (Phi) is 4.13. The molecule has 1 aliphatic heterocycles. The number of carbonyl (C=O) groups is 1. The van der Waals surface area contributed by atoms with Crippen LogP contribution in [0.15, 0.2) is 54.6 Å². The van der Waals surface area contributed by atoms with Crippen molar-refractivity contribution in [2.45, 2.75) is 18.3 Å². The first kappa shape index (κ1) is 14.4. The molecule has 0 aromatic heterocycles. The summed E-state index contributed by atoms with van der Waals surface area (Å²) in [5, 5.41) is 10.3. The van der Waals surface area contributed by atoms with E-state index >= 15 is 0 Å². The molecule has 0 spiro atoms. The predicted molar refractivity (Wildman–Crippen MR) is 86.6 cm³/mol. The molecular weight excluding hydrogens is 280 g/mol. The lowest BCUT2D eigenvalue weighted by Crippen LogP contribution is -2.28. The molecule has 2 nitrogen and oxygen atoms in total. The third-order valence-electron chi connectivity index (χ3n) is 3.95. The lowest BCUT2D eigenvalue weighted by atomic mass is 9.87. The Hall–Kier alpha value is -1.58. The van der Waals surface area contributed by atoms with E-state index in [1.54, 1.807) is 11.8 Å². The van der Waals surface area contributed by atoms with Gasteiger partial charge in [-0.3, -0.25) is 4.79 Å². The Labute approximate surface area is 129 Å². The molecule has 3 atom stereocenters. The van der Waals surface area contributed by atoms with Crippen LogP contribution < -0.4 is 0 Å². The molecule has 1 heterocycles. The average molecular weight is 298 g/mol. The SMILES string of the molecule is Cc1ccc([C@@H]2SC[C@@H](O)[C@H]2C(=O)c2ccccc2)cc1. The molecule has 0 amide bonds. The van der Waals surface area contributed by atoms with Crippen LogP contribution in [0.3, 0.4) is 0 Å². The smallest absolute Gasteiger partial charge is 0.170 e. The van der Waals surface area contributed by atoms with E-state index in [-0.39, 0.29) is 17.0 Å². The fraction of sp³-hybridized carbons (Fsp3) is 0.278. The zero-order valence-electron chi connectivity index (χ0n) is 11.9. The van der Waals surface area contributed by atoms with Crippen molar-refractivity contribution in [2.75, 3.05) is 5.75 Å². The summed E-state index contributed by atoms with van der Waals surface area (Å²) in [4.78, 5) is 12.7. The van der Waals surface area contributed by atoms with Gasteiger partial charge in [0.15, 0.2) is 5.78 Å². The lowest BCUT2D eigenvalue weighted by molar-refractivity contribution is 0.0757. The van der Waals surface area contributed by atoms with Crippen molar-refractivity contribution < 1.29 is 9.90 Å². The van der Waals surface area contributed by atoms with Crippen LogP contribution in [0.5, 0.6) is 0 Å². The number of carbonyl (C=O) groups excluding carboxylic acids is 1. The average Bonchev–Trinajstić information content (AvgIpc) is 2.90. The maximum atomic E-state index is 12.7. The summed E-state index contributed by atoms with van der Waals surface area (Å²) < 4.78 is 0. The minimum Gasteiger partial charge on any atom is -0.391 e. The molecule has 21 heavy (non-hydrogen) atoms. The molecule has 0 saturated carbocycles. The van der Waals surface area contributed by atoms with Crippen molar-refractivity contribution in [3.63, 3.8) is 0 Å². The Morgan fingerprint density at radius 2 is 1.76 bits per heavy atom. The van der Waals surface area contributed by atoms with Gasteiger partial charge >= 0.3 is 0 Å². The number of aliphatic hydroxyl groups is 1. The summed E-state index contributed by atoms with van der Waals surface area (Å²) in [6.07, 6.45) is -0.575. The van der Waals surface area contributed by atoms with Crippen molar-refractivity contribution in [3.05, 3.63) is 71.3 Å². The van der Waals surface area contributed by atoms with Crippen LogP contribution >= 0.6 is 11.8 Å². The molecule has 0 radical (unpaired) electrons. The highest BCUT2D eigenvalue weighted by Crippen LogP contribution is 2.46. The Morgan fingerprint density at radius 1 is 1.10 bits per heavy atom. The molecule has 1 aliphatic rings. The fourth-order valence-corrected chi connectivity index (χ4v) is 4.25. The standard InChI is InChI=1S/C18H18O2S/c1-12-7-9-14(10-8-12)18-16(15(19)11-21-18)17(20)13-5-3-2-4-6-13/h2-10,15-16,18-19H,11H2,1H3/t15-,16+,18+/m1/s1. The van der Waals surface area contributed by atoms with Gasteiger partial charge in [0.25, 0.3) is 0 Å². The number of hydrogen-bond donors (Lipinski definition) is 1. The van der Waals surface area contributed by atoms with Crippen LogP contribution in [0.25, 0.3) is 0 Å². The first-order valence-electron chi connectivity index (χ1n) is 7.12. The van der Waals surface area contributed by atoms with Crippen molar-refractivity contribution in [1.82, 2.24) is 0 Å². The van der Waals surface area contributed by atoms with Gasteiger partial charge in [-0.25, -0.2) is 0 Å². The largest absolute Gasteiger partial charge is 0.391 e. The number of aliphatic hydroxyl groups excluding tert-OH is 1. The van der Waals surface area contributed by atoms with Crippen LogP contribution in [-0.4, -0.2) is 22.7 Å². The maximum absolute atomic E-state index is 12.7. The highest BCUT2D eigenvalue weighted by atomic mass is 32.2. The summed E-state index contributed by atoms with van der Waals surface area (Å²) in [5.74, 6) is 0.292. The zero-order valence-corrected chi connectivity index (χ0v) is 12.7. The number of benzene rings is 2. The van der Waals surface area contributed by atoms with E-state index in [4.69, 9.17) is 0 Å². The highest BCUT2D eigenvalue weighted by Gasteiger charge is 2.41. The Balaban J connectivity index is 1.91. The molecule has 1 fully saturated rings. The second kappa shape index (κ2) is 6.04. The van der Waals surface area contributed by atoms with Crippen LogP contribution in [0.4, 0.5) is 0 Å². The molecule has 1 N–H and O–H groups in total. The molecule has 2 aromatic carbocycles. The first-order valence-corrected chi connectivity index (χ1v) is 8.17. The topological polar surface area (TPSA) is 37.3 Å². The van der Waals surface area contributed by atoms with E-state index in [2.05, 4.69) is 24.3 Å². The third kappa shape index (κ3) is 2.89. The second-order valence-corrected chi connectivity index (χ2v) is 6.66. The van der Waals surface area contributed by atoms with Gasteiger partial charge in [0, 0.05) is 16.6 Å². The van der Waals surface area contributed by atoms with Crippen LogP contribution in [-0.2, 0) is 0 Å². The van der Waals surface area contributed by atoms with Gasteiger partial charge in [0.2, 0.25) is 0 Å². The number of aryl methyl sites for hydroxylation is 1. The van der Waals surface area contributed by atoms with E-state index in [9.17, 15) is 9.90 Å². The van der Waals surface area contributed by atoms with Crippen LogP contribution in [0.2, 0.25) is 0 Å². The summed E-state index contributed by atoms with van der Waals surface area (Å²) in [6, 6.07) is 17.5. The first-order chi connectivity index (χ1) is 10.2. The van der Waals surface area contributed by atoms with Gasteiger partial charge in [0.1, 0.15) is 0 Å². The summed E-state index contributed by atoms with van der Waals surface area (Å²) in [5.41, 5.74) is 3.01. The second-order valence-electron chi connectivity index (χ2n) is 5.49. The molecule has 1 saturated heterocycles. The zero-order chi connectivity index (χ0) is 14.8. The van der Waals surface area contributed by atoms with Gasteiger partial charge in [-0.2, -0.15) is 11.8 Å². The van der Waals surface area contributed by atoms with Crippen molar-refractivity contribution in [2.24, 2.45) is 5.92 Å². The number of hydrogen-bond acceptors (Lipinski definition) is 3. The Morgan fingerprint density at radius 3 is 2.43 bits per heavy atom.